The van der Waals surface area contributed by atoms with E-state index in [2.05, 4.69) is 5.32 Å². The van der Waals surface area contributed by atoms with Crippen LogP contribution in [0.2, 0.25) is 0 Å². The Bertz CT molecular complexity index is 621. The van der Waals surface area contributed by atoms with Gasteiger partial charge < -0.3 is 20.4 Å². The number of nitrogens with zero attached hydrogens (tertiary/aromatic N) is 1. The van der Waals surface area contributed by atoms with Gasteiger partial charge >= 0.3 is 18.2 Å². The first-order valence-corrected chi connectivity index (χ1v) is 7.30. The fourth-order valence-electron chi connectivity index (χ4n) is 2.76. The van der Waals surface area contributed by atoms with Gasteiger partial charge in [-0.25, -0.2) is 4.79 Å². The van der Waals surface area contributed by atoms with Crippen LogP contribution in [0.5, 0.6) is 0 Å². The highest BCUT2D eigenvalue weighted by Crippen LogP contribution is 2.40. The Labute approximate surface area is 135 Å². The predicted molar refractivity (Wildman–Crippen MR) is 77.2 cm³/mol. The molecule has 1 saturated heterocycles. The second kappa shape index (κ2) is 7.08. The number of carboxylic acid groups (broad SMARTS) is 1. The number of aliphatic hydroxyl groups is 1. The summed E-state index contributed by atoms with van der Waals surface area (Å²) in [4.78, 5) is 23.7. The zero-order valence-corrected chi connectivity index (χ0v) is 12.6. The van der Waals surface area contributed by atoms with Crippen LogP contribution < -0.4 is 5.32 Å². The van der Waals surface area contributed by atoms with Crippen LogP contribution in [0.15, 0.2) is 24.3 Å². The first-order chi connectivity index (χ1) is 11.2. The predicted octanol–water partition coefficient (Wildman–Crippen LogP) is 2.00. The van der Waals surface area contributed by atoms with Gasteiger partial charge in [0, 0.05) is 13.1 Å². The van der Waals surface area contributed by atoms with Crippen molar-refractivity contribution in [3.8, 4) is 0 Å². The molecule has 0 bridgehead atoms. The summed E-state index contributed by atoms with van der Waals surface area (Å²) in [5.41, 5.74) is -0.942. The normalized spacial score (nSPS) is 20.9. The van der Waals surface area contributed by atoms with Crippen LogP contribution in [0.4, 0.5) is 18.0 Å². The van der Waals surface area contributed by atoms with Crippen molar-refractivity contribution < 1.29 is 33.0 Å². The Balaban J connectivity index is 2.22. The number of β-amino-alcohol motifs (C(OH)–C–C–N with tert-alkyl or cyclic N) is 1. The number of hydrogen-bond acceptors (Lipinski definition) is 3. The van der Waals surface area contributed by atoms with Crippen molar-refractivity contribution in [3.63, 3.8) is 0 Å². The monoisotopic (exact) mass is 346 g/mol. The standard InChI is InChI=1S/C15H17F3N2O4/c16-15(17,18)11-4-2-1-3-10(11)12-7-9(21)8-20(12)14(24)19-6-5-13(22)23/h1-4,9,12,21H,5-8H2,(H,19,24)(H,22,23). The van der Waals surface area contributed by atoms with Crippen molar-refractivity contribution in [1.29, 1.82) is 0 Å². The average molecular weight is 346 g/mol. The zero-order chi connectivity index (χ0) is 17.9. The van der Waals surface area contributed by atoms with Gasteiger partial charge in [-0.3, -0.25) is 4.79 Å². The summed E-state index contributed by atoms with van der Waals surface area (Å²) in [6, 6.07) is 3.28. The number of hydrogen-bond donors (Lipinski definition) is 3. The smallest absolute Gasteiger partial charge is 0.416 e. The summed E-state index contributed by atoms with van der Waals surface area (Å²) in [5.74, 6) is -1.10. The summed E-state index contributed by atoms with van der Waals surface area (Å²) in [6.45, 7) is -0.260. The summed E-state index contributed by atoms with van der Waals surface area (Å²) in [6.07, 6.45) is -5.83. The number of carbonyl (C=O) groups is 2. The number of carbonyl (C=O) groups excluding carboxylic acids is 1. The maximum absolute atomic E-state index is 13.2. The number of nitrogens with one attached hydrogen (secondary N) is 1. The van der Waals surface area contributed by atoms with Crippen LogP contribution in [0.3, 0.4) is 0 Å². The van der Waals surface area contributed by atoms with Gasteiger partial charge in [0.15, 0.2) is 0 Å². The Hall–Kier alpha value is -2.29. The van der Waals surface area contributed by atoms with E-state index in [1.807, 2.05) is 0 Å². The summed E-state index contributed by atoms with van der Waals surface area (Å²) < 4.78 is 39.5. The molecule has 0 radical (unpaired) electrons. The van der Waals surface area contributed by atoms with E-state index in [0.717, 1.165) is 11.0 Å². The molecule has 1 aromatic carbocycles. The van der Waals surface area contributed by atoms with E-state index in [-0.39, 0.29) is 31.5 Å². The van der Waals surface area contributed by atoms with Gasteiger partial charge in [0.1, 0.15) is 0 Å². The van der Waals surface area contributed by atoms with E-state index in [4.69, 9.17) is 5.11 Å². The minimum atomic E-state index is -4.57. The number of alkyl halides is 3. The number of rotatable bonds is 4. The molecule has 6 nitrogen and oxygen atoms in total. The molecule has 9 heteroatoms. The number of carboxylic acids is 1. The maximum atomic E-state index is 13.2. The third kappa shape index (κ3) is 4.16. The van der Waals surface area contributed by atoms with Gasteiger partial charge in [0.05, 0.1) is 24.1 Å². The molecule has 2 rings (SSSR count). The highest BCUT2D eigenvalue weighted by atomic mass is 19.4. The lowest BCUT2D eigenvalue weighted by Gasteiger charge is -2.27. The zero-order valence-electron chi connectivity index (χ0n) is 12.6. The molecule has 1 aliphatic rings. The first-order valence-electron chi connectivity index (χ1n) is 7.30. The SMILES string of the molecule is O=C(O)CCNC(=O)N1CC(O)CC1c1ccccc1C(F)(F)F. The van der Waals surface area contributed by atoms with Gasteiger partial charge in [0.25, 0.3) is 0 Å². The lowest BCUT2D eigenvalue weighted by molar-refractivity contribution is -0.139. The van der Waals surface area contributed by atoms with Gasteiger partial charge in [-0.2, -0.15) is 13.2 Å². The molecule has 0 aromatic heterocycles. The second-order valence-corrected chi connectivity index (χ2v) is 5.52. The third-order valence-corrected chi connectivity index (χ3v) is 3.78. The topological polar surface area (TPSA) is 89.9 Å². The van der Waals surface area contributed by atoms with Crippen LogP contribution in [-0.4, -0.2) is 46.3 Å². The Morgan fingerprint density at radius 3 is 2.58 bits per heavy atom. The molecule has 1 heterocycles. The fourth-order valence-corrected chi connectivity index (χ4v) is 2.76. The van der Waals surface area contributed by atoms with Crippen molar-refractivity contribution in [3.05, 3.63) is 35.4 Å². The van der Waals surface area contributed by atoms with Gasteiger partial charge in [0.2, 0.25) is 0 Å². The third-order valence-electron chi connectivity index (χ3n) is 3.78. The summed E-state index contributed by atoms with van der Waals surface area (Å²) >= 11 is 0. The molecule has 3 N–H and O–H groups in total. The van der Waals surface area contributed by atoms with Crippen molar-refractivity contribution >= 4 is 12.0 Å². The first kappa shape index (κ1) is 18.1. The van der Waals surface area contributed by atoms with Gasteiger partial charge in [-0.05, 0) is 18.1 Å². The molecule has 1 fully saturated rings. The summed E-state index contributed by atoms with van der Waals surface area (Å²) in [7, 11) is 0. The highest BCUT2D eigenvalue weighted by Gasteiger charge is 2.41. The molecule has 1 aliphatic heterocycles. The van der Waals surface area contributed by atoms with E-state index in [1.165, 1.54) is 18.2 Å². The molecular weight excluding hydrogens is 329 g/mol. The van der Waals surface area contributed by atoms with E-state index in [9.17, 15) is 27.9 Å². The number of likely N-dealkylation sites (tertiary alicyclic amines) is 1. The number of aliphatic hydroxyl groups excluding tert-OH is 1. The van der Waals surface area contributed by atoms with Crippen LogP contribution in [-0.2, 0) is 11.0 Å². The number of aliphatic carboxylic acids is 1. The Morgan fingerprint density at radius 2 is 1.96 bits per heavy atom. The Kier molecular flexibility index (Phi) is 5.33. The molecular formula is C15H17F3N2O4. The van der Waals surface area contributed by atoms with Crippen molar-refractivity contribution in [2.45, 2.75) is 31.2 Å². The quantitative estimate of drug-likeness (QED) is 0.778. The van der Waals surface area contributed by atoms with Crippen LogP contribution >= 0.6 is 0 Å². The largest absolute Gasteiger partial charge is 0.481 e. The van der Waals surface area contributed by atoms with Gasteiger partial charge in [-0.1, -0.05) is 18.2 Å². The minimum absolute atomic E-state index is 0.0144. The second-order valence-electron chi connectivity index (χ2n) is 5.52. The van der Waals surface area contributed by atoms with Gasteiger partial charge in [-0.15, -0.1) is 0 Å². The molecule has 0 saturated carbocycles. The van der Waals surface area contributed by atoms with Crippen LogP contribution in [0.1, 0.15) is 30.0 Å². The molecule has 2 amide bonds. The van der Waals surface area contributed by atoms with Crippen LogP contribution in [0.25, 0.3) is 0 Å². The minimum Gasteiger partial charge on any atom is -0.481 e. The van der Waals surface area contributed by atoms with Crippen LogP contribution in [0, 0.1) is 0 Å². The lowest BCUT2D eigenvalue weighted by atomic mass is 9.97. The molecule has 0 aliphatic carbocycles. The number of amides is 2. The Morgan fingerprint density at radius 1 is 1.29 bits per heavy atom. The molecule has 0 spiro atoms. The molecule has 2 unspecified atom stereocenters. The number of benzene rings is 1. The summed E-state index contributed by atoms with van der Waals surface area (Å²) in [5, 5.41) is 20.7. The van der Waals surface area contributed by atoms with E-state index < -0.39 is 35.9 Å². The molecule has 24 heavy (non-hydrogen) atoms. The van der Waals surface area contributed by atoms with Crippen molar-refractivity contribution in [1.82, 2.24) is 10.2 Å². The lowest BCUT2D eigenvalue weighted by Crippen LogP contribution is -2.41. The van der Waals surface area contributed by atoms with E-state index in [1.54, 1.807) is 0 Å². The maximum Gasteiger partial charge on any atom is 0.416 e. The molecule has 132 valence electrons. The highest BCUT2D eigenvalue weighted by molar-refractivity contribution is 5.76. The number of halogens is 3. The fraction of sp³-hybridized carbons (Fsp3) is 0.467. The van der Waals surface area contributed by atoms with Crippen molar-refractivity contribution in [2.24, 2.45) is 0 Å². The van der Waals surface area contributed by atoms with Crippen molar-refractivity contribution in [2.75, 3.05) is 13.1 Å². The van der Waals surface area contributed by atoms with E-state index in [0.29, 0.717) is 0 Å². The molecule has 2 atom stereocenters. The average Bonchev–Trinajstić information content (AvgIpc) is 2.88. The molecule has 1 aromatic rings. The van der Waals surface area contributed by atoms with E-state index >= 15 is 0 Å². The number of urea groups is 1.